The van der Waals surface area contributed by atoms with Gasteiger partial charge in [0.1, 0.15) is 0 Å². The Morgan fingerprint density at radius 3 is 2.53 bits per heavy atom. The summed E-state index contributed by atoms with van der Waals surface area (Å²) < 4.78 is 24.9. The van der Waals surface area contributed by atoms with Crippen molar-refractivity contribution in [3.8, 4) is 0 Å². The highest BCUT2D eigenvalue weighted by Crippen LogP contribution is 2.19. The van der Waals surface area contributed by atoms with E-state index in [-0.39, 0.29) is 18.1 Å². The fourth-order valence-corrected chi connectivity index (χ4v) is 2.24. The number of alkyl halides is 2. The van der Waals surface area contributed by atoms with Crippen LogP contribution in [0.4, 0.5) is 8.78 Å². The minimum absolute atomic E-state index is 0.155. The number of rotatable bonds is 7. The Morgan fingerprint density at radius 2 is 2.00 bits per heavy atom. The fourth-order valence-electron chi connectivity index (χ4n) is 2.24. The molecule has 17 heavy (non-hydrogen) atoms. The molecule has 2 unspecified atom stereocenters. The Labute approximate surface area is 102 Å². The van der Waals surface area contributed by atoms with Crippen molar-refractivity contribution in [2.45, 2.75) is 64.6 Å². The molecule has 1 saturated heterocycles. The van der Waals surface area contributed by atoms with Gasteiger partial charge in [0.2, 0.25) is 5.91 Å². The summed E-state index contributed by atoms with van der Waals surface area (Å²) in [6, 6.07) is -0.259. The minimum Gasteiger partial charge on any atom is -0.320 e. The van der Waals surface area contributed by atoms with Gasteiger partial charge in [0.25, 0.3) is 6.43 Å². The van der Waals surface area contributed by atoms with E-state index >= 15 is 0 Å². The molecular formula is C12H22F2N2O. The summed E-state index contributed by atoms with van der Waals surface area (Å²) in [7, 11) is 0. The molecule has 5 heteroatoms. The normalized spacial score (nSPS) is 25.0. The number of nitrogens with zero attached hydrogens (tertiary/aromatic N) is 1. The van der Waals surface area contributed by atoms with Crippen molar-refractivity contribution < 1.29 is 13.6 Å². The summed E-state index contributed by atoms with van der Waals surface area (Å²) >= 11 is 0. The Bertz CT molecular complexity index is 249. The summed E-state index contributed by atoms with van der Waals surface area (Å²) in [5.74, 6) is -0.155. The highest BCUT2D eigenvalue weighted by molar-refractivity contribution is 5.84. The summed E-state index contributed by atoms with van der Waals surface area (Å²) in [4.78, 5) is 13.3. The van der Waals surface area contributed by atoms with Gasteiger partial charge in [-0.1, -0.05) is 33.1 Å². The van der Waals surface area contributed by atoms with Gasteiger partial charge < -0.3 is 4.90 Å². The number of carbonyl (C=O) groups excluding carboxylic acids is 1. The van der Waals surface area contributed by atoms with E-state index in [1.165, 1.54) is 4.90 Å². The molecule has 100 valence electrons. The zero-order valence-corrected chi connectivity index (χ0v) is 10.6. The van der Waals surface area contributed by atoms with Crippen LogP contribution in [-0.2, 0) is 4.79 Å². The molecular weight excluding hydrogens is 226 g/mol. The number of unbranched alkanes of at least 4 members (excludes halogenated alkanes) is 1. The lowest BCUT2D eigenvalue weighted by atomic mass is 10.1. The number of amides is 1. The molecule has 1 N–H and O–H groups in total. The third kappa shape index (κ3) is 3.91. The zero-order chi connectivity index (χ0) is 12.8. The molecule has 1 heterocycles. The fraction of sp³-hybridized carbons (Fsp3) is 0.917. The van der Waals surface area contributed by atoms with E-state index in [1.807, 2.05) is 6.92 Å². The van der Waals surface area contributed by atoms with E-state index in [0.29, 0.717) is 0 Å². The first-order valence-corrected chi connectivity index (χ1v) is 6.44. The summed E-state index contributed by atoms with van der Waals surface area (Å²) in [6.07, 6.45) is 1.67. The van der Waals surface area contributed by atoms with E-state index in [2.05, 4.69) is 12.2 Å². The molecule has 2 atom stereocenters. The summed E-state index contributed by atoms with van der Waals surface area (Å²) in [5, 5.41) is 3.17. The second-order valence-electron chi connectivity index (χ2n) is 4.55. The van der Waals surface area contributed by atoms with Crippen molar-refractivity contribution in [1.82, 2.24) is 10.2 Å². The summed E-state index contributed by atoms with van der Waals surface area (Å²) in [6.45, 7) is 3.60. The van der Waals surface area contributed by atoms with Crippen LogP contribution >= 0.6 is 0 Å². The largest absolute Gasteiger partial charge is 0.320 e. The lowest BCUT2D eigenvalue weighted by molar-refractivity contribution is -0.132. The van der Waals surface area contributed by atoms with Gasteiger partial charge in [-0.25, -0.2) is 8.78 Å². The van der Waals surface area contributed by atoms with Crippen LogP contribution in [0, 0.1) is 0 Å². The van der Waals surface area contributed by atoms with Crippen LogP contribution in [0.1, 0.15) is 46.0 Å². The Kier molecular flexibility index (Phi) is 5.82. The van der Waals surface area contributed by atoms with Gasteiger partial charge in [-0.05, 0) is 12.8 Å². The van der Waals surface area contributed by atoms with Crippen LogP contribution in [0.25, 0.3) is 0 Å². The molecule has 0 bridgehead atoms. The predicted octanol–water partition coefficient (Wildman–Crippen LogP) is 2.37. The second kappa shape index (κ2) is 6.89. The van der Waals surface area contributed by atoms with Crippen LogP contribution < -0.4 is 5.32 Å². The maximum atomic E-state index is 12.4. The smallest absolute Gasteiger partial charge is 0.255 e. The maximum Gasteiger partial charge on any atom is 0.255 e. The lowest BCUT2D eigenvalue weighted by Crippen LogP contribution is -2.40. The Morgan fingerprint density at radius 1 is 1.29 bits per heavy atom. The van der Waals surface area contributed by atoms with Crippen molar-refractivity contribution in [2.24, 2.45) is 0 Å². The van der Waals surface area contributed by atoms with Gasteiger partial charge in [-0.15, -0.1) is 0 Å². The van der Waals surface area contributed by atoms with Crippen molar-refractivity contribution >= 4 is 5.91 Å². The van der Waals surface area contributed by atoms with Gasteiger partial charge in [-0.3, -0.25) is 10.1 Å². The van der Waals surface area contributed by atoms with Crippen LogP contribution in [0.15, 0.2) is 0 Å². The average Bonchev–Trinajstić information content (AvgIpc) is 2.55. The molecule has 0 spiro atoms. The molecule has 1 fully saturated rings. The monoisotopic (exact) mass is 248 g/mol. The number of nitrogens with one attached hydrogen (secondary N) is 1. The average molecular weight is 248 g/mol. The SMILES string of the molecule is CCCCC1NC(CCC)N(CC(F)F)C1=O. The van der Waals surface area contributed by atoms with Gasteiger partial charge >= 0.3 is 0 Å². The Balaban J connectivity index is 2.60. The number of hydrogen-bond acceptors (Lipinski definition) is 2. The molecule has 0 aromatic rings. The van der Waals surface area contributed by atoms with Crippen molar-refractivity contribution in [3.63, 3.8) is 0 Å². The van der Waals surface area contributed by atoms with Gasteiger partial charge in [0.05, 0.1) is 18.8 Å². The van der Waals surface area contributed by atoms with Crippen LogP contribution in [0.2, 0.25) is 0 Å². The van der Waals surface area contributed by atoms with E-state index in [9.17, 15) is 13.6 Å². The highest BCUT2D eigenvalue weighted by atomic mass is 19.3. The van der Waals surface area contributed by atoms with E-state index in [4.69, 9.17) is 0 Å². The minimum atomic E-state index is -2.45. The topological polar surface area (TPSA) is 32.3 Å². The van der Waals surface area contributed by atoms with E-state index < -0.39 is 13.0 Å². The molecule has 1 aliphatic heterocycles. The summed E-state index contributed by atoms with van der Waals surface area (Å²) in [5.41, 5.74) is 0. The van der Waals surface area contributed by atoms with Crippen LogP contribution in [0.5, 0.6) is 0 Å². The third-order valence-electron chi connectivity index (χ3n) is 3.09. The molecule has 1 amide bonds. The molecule has 0 aromatic heterocycles. The molecule has 1 rings (SSSR count). The maximum absolute atomic E-state index is 12.4. The molecule has 1 aliphatic rings. The molecule has 0 saturated carbocycles. The third-order valence-corrected chi connectivity index (χ3v) is 3.09. The molecule has 0 radical (unpaired) electrons. The van der Waals surface area contributed by atoms with Crippen LogP contribution in [0.3, 0.4) is 0 Å². The number of carbonyl (C=O) groups is 1. The van der Waals surface area contributed by atoms with Crippen molar-refractivity contribution in [1.29, 1.82) is 0 Å². The van der Waals surface area contributed by atoms with Gasteiger partial charge in [0, 0.05) is 0 Å². The zero-order valence-electron chi connectivity index (χ0n) is 10.6. The van der Waals surface area contributed by atoms with Crippen molar-refractivity contribution in [2.75, 3.05) is 6.54 Å². The van der Waals surface area contributed by atoms with E-state index in [1.54, 1.807) is 0 Å². The van der Waals surface area contributed by atoms with E-state index in [0.717, 1.165) is 32.1 Å². The lowest BCUT2D eigenvalue weighted by Gasteiger charge is -2.23. The molecule has 0 aliphatic carbocycles. The number of hydrogen-bond donors (Lipinski definition) is 1. The quantitative estimate of drug-likeness (QED) is 0.750. The highest BCUT2D eigenvalue weighted by Gasteiger charge is 2.38. The predicted molar refractivity (Wildman–Crippen MR) is 62.9 cm³/mol. The first kappa shape index (κ1) is 14.4. The van der Waals surface area contributed by atoms with Crippen molar-refractivity contribution in [3.05, 3.63) is 0 Å². The molecule has 0 aromatic carbocycles. The standard InChI is InChI=1S/C12H22F2N2O/c1-3-5-7-9-12(17)16(8-10(13)14)11(15-9)6-4-2/h9-11,15H,3-8H2,1-2H3. The molecule has 3 nitrogen and oxygen atoms in total. The second-order valence-corrected chi connectivity index (χ2v) is 4.55. The Hall–Kier alpha value is -0.710. The van der Waals surface area contributed by atoms with Gasteiger partial charge in [-0.2, -0.15) is 0 Å². The number of halogens is 2. The first-order valence-electron chi connectivity index (χ1n) is 6.44. The van der Waals surface area contributed by atoms with Gasteiger partial charge in [0.15, 0.2) is 0 Å². The first-order chi connectivity index (χ1) is 8.10. The van der Waals surface area contributed by atoms with Crippen LogP contribution in [-0.4, -0.2) is 36.0 Å².